The zero-order valence-corrected chi connectivity index (χ0v) is 7.75. The van der Waals surface area contributed by atoms with E-state index in [0.29, 0.717) is 11.2 Å². The maximum Gasteiger partial charge on any atom is 0.490 e. The van der Waals surface area contributed by atoms with Crippen LogP contribution in [0.2, 0.25) is 5.02 Å². The third-order valence-electron chi connectivity index (χ3n) is 1.63. The van der Waals surface area contributed by atoms with Crippen LogP contribution in [0.4, 0.5) is 0 Å². The molecule has 0 aliphatic rings. The van der Waals surface area contributed by atoms with E-state index in [1.165, 1.54) is 19.2 Å². The first-order chi connectivity index (χ1) is 6.06. The van der Waals surface area contributed by atoms with E-state index in [2.05, 4.69) is 0 Å². The molecule has 13 heavy (non-hydrogen) atoms. The molecule has 1 aromatic carbocycles. The summed E-state index contributed by atoms with van der Waals surface area (Å²) in [6, 6.07) is 2.80. The number of benzene rings is 1. The Labute approximate surface area is 82.8 Å². The average Bonchev–Trinajstić information content (AvgIpc) is 2.03. The third kappa shape index (κ3) is 2.18. The second kappa shape index (κ2) is 4.05. The Balaban J connectivity index is 3.22. The molecule has 0 fully saturated rings. The van der Waals surface area contributed by atoms with Crippen molar-refractivity contribution >= 4 is 37.5 Å². The summed E-state index contributed by atoms with van der Waals surface area (Å²) < 4.78 is 4.88. The molecular weight excluding hydrogens is 189 g/mol. The van der Waals surface area contributed by atoms with Gasteiger partial charge < -0.3 is 14.8 Å². The highest BCUT2D eigenvalue weighted by molar-refractivity contribution is 6.63. The van der Waals surface area contributed by atoms with Crippen LogP contribution in [0.5, 0.6) is 5.75 Å². The molecular formula is C7H7B2ClO3. The highest BCUT2D eigenvalue weighted by Gasteiger charge is 2.16. The van der Waals surface area contributed by atoms with Crippen LogP contribution in [0.3, 0.4) is 0 Å². The topological polar surface area (TPSA) is 49.7 Å². The van der Waals surface area contributed by atoms with Gasteiger partial charge in [-0.25, -0.2) is 0 Å². The molecule has 66 valence electrons. The number of ether oxygens (including phenoxy) is 1. The molecule has 0 amide bonds. The number of hydrogen-bond acceptors (Lipinski definition) is 3. The molecule has 1 rings (SSSR count). The minimum Gasteiger partial charge on any atom is -0.497 e. The van der Waals surface area contributed by atoms with Crippen LogP contribution in [0.1, 0.15) is 0 Å². The van der Waals surface area contributed by atoms with E-state index in [4.69, 9.17) is 34.2 Å². The second-order valence-electron chi connectivity index (χ2n) is 2.49. The SMILES string of the molecule is [B]c1cc(Cl)c(B(O)O)cc1OC. The van der Waals surface area contributed by atoms with Crippen molar-refractivity contribution in [1.82, 2.24) is 0 Å². The van der Waals surface area contributed by atoms with E-state index >= 15 is 0 Å². The fourth-order valence-corrected chi connectivity index (χ4v) is 1.23. The Morgan fingerprint density at radius 1 is 1.46 bits per heavy atom. The van der Waals surface area contributed by atoms with Crippen molar-refractivity contribution in [2.75, 3.05) is 7.11 Å². The average molecular weight is 196 g/mol. The largest absolute Gasteiger partial charge is 0.497 e. The molecule has 2 radical (unpaired) electrons. The number of halogens is 1. The van der Waals surface area contributed by atoms with E-state index in [1.54, 1.807) is 0 Å². The Kier molecular flexibility index (Phi) is 3.25. The molecule has 0 heterocycles. The summed E-state index contributed by atoms with van der Waals surface area (Å²) >= 11 is 5.70. The molecule has 0 aliphatic heterocycles. The summed E-state index contributed by atoms with van der Waals surface area (Å²) in [6.07, 6.45) is 0. The first-order valence-corrected chi connectivity index (χ1v) is 3.93. The van der Waals surface area contributed by atoms with E-state index in [1.807, 2.05) is 0 Å². The summed E-state index contributed by atoms with van der Waals surface area (Å²) in [7, 11) is 5.34. The van der Waals surface area contributed by atoms with Gasteiger partial charge in [-0.3, -0.25) is 0 Å². The van der Waals surface area contributed by atoms with Gasteiger partial charge in [0, 0.05) is 10.5 Å². The lowest BCUT2D eigenvalue weighted by atomic mass is 9.78. The van der Waals surface area contributed by atoms with Gasteiger partial charge in [0.15, 0.2) is 0 Å². The molecule has 0 saturated carbocycles. The Hall–Kier alpha value is -0.640. The number of hydrogen-bond donors (Lipinski definition) is 2. The van der Waals surface area contributed by atoms with Crippen molar-refractivity contribution in [2.24, 2.45) is 0 Å². The predicted octanol–water partition coefficient (Wildman–Crippen LogP) is -1.18. The van der Waals surface area contributed by atoms with E-state index in [0.717, 1.165) is 0 Å². The smallest absolute Gasteiger partial charge is 0.490 e. The minimum atomic E-state index is -1.62. The molecule has 2 N–H and O–H groups in total. The van der Waals surface area contributed by atoms with Gasteiger partial charge in [-0.2, -0.15) is 0 Å². The molecule has 0 saturated heterocycles. The zero-order valence-electron chi connectivity index (χ0n) is 6.99. The van der Waals surface area contributed by atoms with Crippen LogP contribution in [-0.2, 0) is 0 Å². The van der Waals surface area contributed by atoms with Gasteiger partial charge in [0.1, 0.15) is 13.6 Å². The zero-order chi connectivity index (χ0) is 10.0. The molecule has 0 atom stereocenters. The van der Waals surface area contributed by atoms with Gasteiger partial charge in [-0.1, -0.05) is 17.1 Å². The first-order valence-electron chi connectivity index (χ1n) is 3.55. The summed E-state index contributed by atoms with van der Waals surface area (Å²) in [5, 5.41) is 18.0. The molecule has 0 aliphatic carbocycles. The highest BCUT2D eigenvalue weighted by atomic mass is 35.5. The molecule has 1 aromatic rings. The van der Waals surface area contributed by atoms with E-state index in [-0.39, 0.29) is 10.5 Å². The number of methoxy groups -OCH3 is 1. The van der Waals surface area contributed by atoms with Gasteiger partial charge in [0.2, 0.25) is 0 Å². The first kappa shape index (κ1) is 10.4. The van der Waals surface area contributed by atoms with Crippen molar-refractivity contribution in [2.45, 2.75) is 0 Å². The van der Waals surface area contributed by atoms with Crippen LogP contribution in [0.15, 0.2) is 12.1 Å². The highest BCUT2D eigenvalue weighted by Crippen LogP contribution is 2.10. The van der Waals surface area contributed by atoms with E-state index < -0.39 is 7.12 Å². The van der Waals surface area contributed by atoms with Crippen LogP contribution < -0.4 is 15.7 Å². The molecule has 0 bridgehead atoms. The second-order valence-corrected chi connectivity index (χ2v) is 2.90. The molecule has 0 aromatic heterocycles. The quantitative estimate of drug-likeness (QED) is 0.585. The molecule has 6 heteroatoms. The normalized spacial score (nSPS) is 9.85. The maximum absolute atomic E-state index is 8.89. The van der Waals surface area contributed by atoms with Crippen molar-refractivity contribution < 1.29 is 14.8 Å². The summed E-state index contributed by atoms with van der Waals surface area (Å²) in [5.74, 6) is 0.368. The molecule has 3 nitrogen and oxygen atoms in total. The summed E-state index contributed by atoms with van der Waals surface area (Å²) in [4.78, 5) is 0. The lowest BCUT2D eigenvalue weighted by Gasteiger charge is -2.09. The van der Waals surface area contributed by atoms with E-state index in [9.17, 15) is 0 Å². The van der Waals surface area contributed by atoms with Crippen LogP contribution in [0.25, 0.3) is 0 Å². The Morgan fingerprint density at radius 2 is 2.08 bits per heavy atom. The molecule has 0 unspecified atom stereocenters. The van der Waals surface area contributed by atoms with Gasteiger partial charge in [0.05, 0.1) is 7.11 Å². The van der Waals surface area contributed by atoms with Gasteiger partial charge >= 0.3 is 7.12 Å². The minimum absolute atomic E-state index is 0.174. The number of rotatable bonds is 2. The predicted molar refractivity (Wildman–Crippen MR) is 53.2 cm³/mol. The van der Waals surface area contributed by atoms with Gasteiger partial charge in [-0.05, 0) is 12.1 Å². The standard InChI is InChI=1S/C7H7B2ClO3/c1-13-7-3-5(9(11)12)6(10)2-4(7)8/h2-3,11-12H,1H3. The van der Waals surface area contributed by atoms with Crippen LogP contribution in [-0.4, -0.2) is 32.1 Å². The lowest BCUT2D eigenvalue weighted by molar-refractivity contribution is 0.415. The van der Waals surface area contributed by atoms with Crippen molar-refractivity contribution in [3.05, 3.63) is 17.2 Å². The van der Waals surface area contributed by atoms with Crippen molar-refractivity contribution in [1.29, 1.82) is 0 Å². The van der Waals surface area contributed by atoms with Crippen molar-refractivity contribution in [3.8, 4) is 5.75 Å². The maximum atomic E-state index is 8.89. The fraction of sp³-hybridized carbons (Fsp3) is 0.143. The van der Waals surface area contributed by atoms with Crippen LogP contribution >= 0.6 is 11.6 Å². The lowest BCUT2D eigenvalue weighted by Crippen LogP contribution is -2.32. The molecule has 0 spiro atoms. The monoisotopic (exact) mass is 196 g/mol. The van der Waals surface area contributed by atoms with Crippen LogP contribution in [0, 0.1) is 0 Å². The third-order valence-corrected chi connectivity index (χ3v) is 1.95. The van der Waals surface area contributed by atoms with Crippen molar-refractivity contribution in [3.63, 3.8) is 0 Å². The summed E-state index contributed by atoms with van der Waals surface area (Å²) in [5.41, 5.74) is 0.532. The fourth-order valence-electron chi connectivity index (χ4n) is 0.959. The summed E-state index contributed by atoms with van der Waals surface area (Å²) in [6.45, 7) is 0. The van der Waals surface area contributed by atoms with Gasteiger partial charge in [-0.15, -0.1) is 0 Å². The Morgan fingerprint density at radius 3 is 2.54 bits per heavy atom. The Bertz CT molecular complexity index is 317. The van der Waals surface area contributed by atoms with Gasteiger partial charge in [0.25, 0.3) is 0 Å².